The normalized spacial score (nSPS) is 16.5. The minimum atomic E-state index is -0.0594. The molecule has 0 bridgehead atoms. The number of amides is 1. The van der Waals surface area contributed by atoms with E-state index in [0.29, 0.717) is 13.1 Å². The summed E-state index contributed by atoms with van der Waals surface area (Å²) in [7, 11) is 1.65. The molecule has 0 saturated carbocycles. The van der Waals surface area contributed by atoms with Gasteiger partial charge in [0.25, 0.3) is 0 Å². The third kappa shape index (κ3) is 4.18. The lowest BCUT2D eigenvalue weighted by Gasteiger charge is -2.31. The van der Waals surface area contributed by atoms with Gasteiger partial charge in [0, 0.05) is 36.6 Å². The van der Waals surface area contributed by atoms with Crippen molar-refractivity contribution in [3.8, 4) is 10.9 Å². The molecule has 1 aliphatic rings. The number of methoxy groups -OCH3 is 1. The molecule has 3 heterocycles. The molecule has 1 amide bonds. The Morgan fingerprint density at radius 3 is 2.67 bits per heavy atom. The van der Waals surface area contributed by atoms with Crippen molar-refractivity contribution >= 4 is 22.4 Å². The van der Waals surface area contributed by atoms with Crippen LogP contribution in [0.4, 0.5) is 5.13 Å². The number of benzene rings is 1. The number of anilines is 1. The standard InChI is InChI=1S/C22H27N5O2S/c1-15-10-11-16(2)27(15)22-25-24-21(30-22)26-12-6-8-18(14-26)20(28)23-13-17-7-4-5-9-19(17)29-3/h4-5,7,9-11,18H,6,8,12-14H2,1-3H3,(H,23,28)/t18-/m0/s1. The zero-order valence-electron chi connectivity index (χ0n) is 17.6. The van der Waals surface area contributed by atoms with Gasteiger partial charge in [-0.05, 0) is 44.9 Å². The summed E-state index contributed by atoms with van der Waals surface area (Å²) >= 11 is 1.57. The van der Waals surface area contributed by atoms with Gasteiger partial charge in [0.2, 0.25) is 16.2 Å². The number of ether oxygens (including phenoxy) is 1. The van der Waals surface area contributed by atoms with Gasteiger partial charge in [0.05, 0.1) is 13.0 Å². The van der Waals surface area contributed by atoms with E-state index < -0.39 is 0 Å². The number of rotatable bonds is 6. The van der Waals surface area contributed by atoms with Crippen LogP contribution in [0.15, 0.2) is 36.4 Å². The van der Waals surface area contributed by atoms with Crippen molar-refractivity contribution in [3.63, 3.8) is 0 Å². The number of hydrogen-bond donors (Lipinski definition) is 1. The Labute approximate surface area is 180 Å². The average molecular weight is 426 g/mol. The topological polar surface area (TPSA) is 72.3 Å². The molecular weight excluding hydrogens is 398 g/mol. The lowest BCUT2D eigenvalue weighted by atomic mass is 9.97. The highest BCUT2D eigenvalue weighted by Crippen LogP contribution is 2.29. The fourth-order valence-corrected chi connectivity index (χ4v) is 4.94. The van der Waals surface area contributed by atoms with E-state index in [1.165, 1.54) is 0 Å². The summed E-state index contributed by atoms with van der Waals surface area (Å²) in [6.07, 6.45) is 1.85. The molecule has 7 nitrogen and oxygen atoms in total. The number of aryl methyl sites for hydroxylation is 2. The van der Waals surface area contributed by atoms with Crippen LogP contribution in [0.1, 0.15) is 29.8 Å². The van der Waals surface area contributed by atoms with Crippen LogP contribution in [-0.2, 0) is 11.3 Å². The zero-order chi connectivity index (χ0) is 21.1. The highest BCUT2D eigenvalue weighted by atomic mass is 32.1. The lowest BCUT2D eigenvalue weighted by Crippen LogP contribution is -2.43. The number of nitrogens with one attached hydrogen (secondary N) is 1. The van der Waals surface area contributed by atoms with Crippen LogP contribution in [0.3, 0.4) is 0 Å². The number of para-hydroxylation sites is 1. The van der Waals surface area contributed by atoms with Gasteiger partial charge >= 0.3 is 0 Å². The highest BCUT2D eigenvalue weighted by molar-refractivity contribution is 7.17. The van der Waals surface area contributed by atoms with Crippen molar-refractivity contribution in [2.45, 2.75) is 33.2 Å². The summed E-state index contributed by atoms with van der Waals surface area (Å²) in [4.78, 5) is 15.0. The minimum absolute atomic E-state index is 0.0594. The zero-order valence-corrected chi connectivity index (χ0v) is 18.4. The maximum Gasteiger partial charge on any atom is 0.225 e. The van der Waals surface area contributed by atoms with E-state index in [1.807, 2.05) is 24.3 Å². The third-order valence-electron chi connectivity index (χ3n) is 5.57. The van der Waals surface area contributed by atoms with Gasteiger partial charge in [-0.2, -0.15) is 0 Å². The second kappa shape index (κ2) is 8.87. The van der Waals surface area contributed by atoms with E-state index in [2.05, 4.69) is 51.0 Å². The van der Waals surface area contributed by atoms with Crippen molar-refractivity contribution < 1.29 is 9.53 Å². The van der Waals surface area contributed by atoms with E-state index in [1.54, 1.807) is 18.4 Å². The van der Waals surface area contributed by atoms with E-state index in [9.17, 15) is 4.79 Å². The number of hydrogen-bond acceptors (Lipinski definition) is 6. The fraction of sp³-hybridized carbons (Fsp3) is 0.409. The van der Waals surface area contributed by atoms with Crippen LogP contribution in [0.25, 0.3) is 5.13 Å². The molecule has 1 atom stereocenters. The van der Waals surface area contributed by atoms with Crippen LogP contribution in [-0.4, -0.2) is 40.9 Å². The summed E-state index contributed by atoms with van der Waals surface area (Å²) in [6.45, 7) is 6.16. The Balaban J connectivity index is 1.40. The molecule has 30 heavy (non-hydrogen) atoms. The maximum atomic E-state index is 12.8. The van der Waals surface area contributed by atoms with Crippen molar-refractivity contribution in [1.29, 1.82) is 0 Å². The first-order valence-electron chi connectivity index (χ1n) is 10.2. The summed E-state index contributed by atoms with van der Waals surface area (Å²) in [6, 6.07) is 11.9. The van der Waals surface area contributed by atoms with Gasteiger partial charge in [-0.25, -0.2) is 0 Å². The van der Waals surface area contributed by atoms with Crippen molar-refractivity contribution in [2.75, 3.05) is 25.1 Å². The summed E-state index contributed by atoms with van der Waals surface area (Å²) in [5, 5.41) is 13.6. The van der Waals surface area contributed by atoms with Gasteiger partial charge in [0.1, 0.15) is 5.75 Å². The van der Waals surface area contributed by atoms with Gasteiger partial charge in [-0.1, -0.05) is 29.5 Å². The SMILES string of the molecule is COc1ccccc1CNC(=O)[C@H]1CCCN(c2nnc(-n3c(C)ccc3C)s2)C1. The molecule has 1 aromatic carbocycles. The number of nitrogens with zero attached hydrogens (tertiary/aromatic N) is 4. The first kappa shape index (κ1) is 20.4. The average Bonchev–Trinajstić information content (AvgIpc) is 3.38. The molecule has 2 aromatic heterocycles. The maximum absolute atomic E-state index is 12.8. The molecule has 1 N–H and O–H groups in total. The van der Waals surface area contributed by atoms with Crippen molar-refractivity contribution in [3.05, 3.63) is 53.3 Å². The molecule has 0 radical (unpaired) electrons. The first-order chi connectivity index (χ1) is 14.6. The Hall–Kier alpha value is -2.87. The van der Waals surface area contributed by atoms with Crippen molar-refractivity contribution in [1.82, 2.24) is 20.1 Å². The molecule has 158 valence electrons. The predicted molar refractivity (Wildman–Crippen MR) is 118 cm³/mol. The molecule has 0 spiro atoms. The van der Waals surface area contributed by atoms with Crippen LogP contribution < -0.4 is 15.0 Å². The monoisotopic (exact) mass is 425 g/mol. The lowest BCUT2D eigenvalue weighted by molar-refractivity contribution is -0.125. The van der Waals surface area contributed by atoms with E-state index >= 15 is 0 Å². The first-order valence-corrected chi connectivity index (χ1v) is 11.0. The van der Waals surface area contributed by atoms with E-state index in [0.717, 1.165) is 52.4 Å². The molecule has 1 aliphatic heterocycles. The molecular formula is C22H27N5O2S. The smallest absolute Gasteiger partial charge is 0.225 e. The molecule has 0 unspecified atom stereocenters. The molecule has 4 rings (SSSR count). The molecule has 8 heteroatoms. The number of piperidine rings is 1. The van der Waals surface area contributed by atoms with Gasteiger partial charge in [-0.3, -0.25) is 9.36 Å². The summed E-state index contributed by atoms with van der Waals surface area (Å²) in [5.41, 5.74) is 3.26. The van der Waals surface area contributed by atoms with Crippen LogP contribution >= 0.6 is 11.3 Å². The van der Waals surface area contributed by atoms with Crippen LogP contribution in [0.5, 0.6) is 5.75 Å². The predicted octanol–water partition coefficient (Wildman–Crippen LogP) is 3.49. The third-order valence-corrected chi connectivity index (χ3v) is 6.54. The molecule has 1 fully saturated rings. The van der Waals surface area contributed by atoms with Crippen LogP contribution in [0.2, 0.25) is 0 Å². The largest absolute Gasteiger partial charge is 0.496 e. The van der Waals surface area contributed by atoms with Gasteiger partial charge in [0.15, 0.2) is 0 Å². The van der Waals surface area contributed by atoms with E-state index in [-0.39, 0.29) is 11.8 Å². The number of carbonyl (C=O) groups excluding carboxylic acids is 1. The van der Waals surface area contributed by atoms with E-state index in [4.69, 9.17) is 4.74 Å². The Morgan fingerprint density at radius 2 is 1.90 bits per heavy atom. The number of aromatic nitrogens is 3. The van der Waals surface area contributed by atoms with Gasteiger partial charge in [-0.15, -0.1) is 10.2 Å². The Bertz CT molecular complexity index is 1010. The number of carbonyl (C=O) groups is 1. The second-order valence-corrected chi connectivity index (χ2v) is 8.57. The second-order valence-electron chi connectivity index (χ2n) is 7.63. The van der Waals surface area contributed by atoms with Crippen LogP contribution in [0, 0.1) is 19.8 Å². The highest BCUT2D eigenvalue weighted by Gasteiger charge is 2.28. The Kier molecular flexibility index (Phi) is 6.03. The minimum Gasteiger partial charge on any atom is -0.496 e. The molecule has 3 aromatic rings. The molecule has 0 aliphatic carbocycles. The Morgan fingerprint density at radius 1 is 1.17 bits per heavy atom. The van der Waals surface area contributed by atoms with Crippen molar-refractivity contribution in [2.24, 2.45) is 5.92 Å². The fourth-order valence-electron chi connectivity index (χ4n) is 3.94. The summed E-state index contributed by atoms with van der Waals surface area (Å²) in [5.74, 6) is 0.809. The molecule has 1 saturated heterocycles. The quantitative estimate of drug-likeness (QED) is 0.655. The van der Waals surface area contributed by atoms with Gasteiger partial charge < -0.3 is 15.0 Å². The summed E-state index contributed by atoms with van der Waals surface area (Å²) < 4.78 is 7.49.